The fourth-order valence-corrected chi connectivity index (χ4v) is 5.39. The van der Waals surface area contributed by atoms with Gasteiger partial charge < -0.3 is 29.2 Å². The van der Waals surface area contributed by atoms with Crippen LogP contribution in [-0.4, -0.2) is 35.4 Å². The summed E-state index contributed by atoms with van der Waals surface area (Å²) in [7, 11) is 0. The van der Waals surface area contributed by atoms with E-state index in [1.807, 2.05) is 36.4 Å². The molecule has 0 aliphatic heterocycles. The Balaban J connectivity index is 0.906. The molecule has 0 aromatic heterocycles. The van der Waals surface area contributed by atoms with Crippen molar-refractivity contribution in [3.05, 3.63) is 157 Å². The molecule has 0 atom stereocenters. The zero-order valence-electron chi connectivity index (χ0n) is 27.8. The Labute approximate surface area is 295 Å². The second-order valence-electron chi connectivity index (χ2n) is 11.9. The summed E-state index contributed by atoms with van der Waals surface area (Å²) in [6.07, 6.45) is 2.30. The molecular weight excluding hydrogens is 644 g/mol. The van der Waals surface area contributed by atoms with Crippen LogP contribution in [0, 0.1) is 0 Å². The molecule has 51 heavy (non-hydrogen) atoms. The molecular formula is C43H36O8. The number of hydrogen-bond donors (Lipinski definition) is 2. The number of carbonyl (C=O) groups excluding carboxylic acids is 2. The van der Waals surface area contributed by atoms with E-state index in [9.17, 15) is 19.8 Å². The van der Waals surface area contributed by atoms with Crippen molar-refractivity contribution in [1.82, 2.24) is 0 Å². The van der Waals surface area contributed by atoms with Crippen molar-refractivity contribution in [2.24, 2.45) is 0 Å². The van der Waals surface area contributed by atoms with Crippen LogP contribution in [0.4, 0.5) is 0 Å². The summed E-state index contributed by atoms with van der Waals surface area (Å²) >= 11 is 0. The monoisotopic (exact) mass is 680 g/mol. The maximum absolute atomic E-state index is 12.7. The number of phenols is 2. The Morgan fingerprint density at radius 2 is 0.922 bits per heavy atom. The van der Waals surface area contributed by atoms with Crippen LogP contribution in [-0.2, 0) is 9.47 Å². The normalized spacial score (nSPS) is 10.8. The largest absolute Gasteiger partial charge is 0.508 e. The van der Waals surface area contributed by atoms with Crippen LogP contribution in [0.2, 0.25) is 0 Å². The molecule has 6 aromatic carbocycles. The van der Waals surface area contributed by atoms with E-state index in [-0.39, 0.29) is 11.5 Å². The van der Waals surface area contributed by atoms with Gasteiger partial charge in [-0.05, 0) is 132 Å². The summed E-state index contributed by atoms with van der Waals surface area (Å²) in [5, 5.41) is 22.6. The minimum absolute atomic E-state index is 0.0669. The molecule has 6 aromatic rings. The quantitative estimate of drug-likeness (QED) is 0.0506. The van der Waals surface area contributed by atoms with Crippen molar-refractivity contribution < 1.29 is 38.7 Å². The molecule has 6 rings (SSSR count). The Kier molecular flexibility index (Phi) is 10.6. The number of aromatic hydroxyl groups is 2. The Morgan fingerprint density at radius 3 is 1.55 bits per heavy atom. The van der Waals surface area contributed by atoms with Gasteiger partial charge in [-0.15, -0.1) is 0 Å². The van der Waals surface area contributed by atoms with E-state index in [2.05, 4.69) is 13.2 Å². The van der Waals surface area contributed by atoms with Crippen molar-refractivity contribution in [1.29, 1.82) is 0 Å². The standard InChI is InChI=1S/C43H36O8/c1-28(32-6-7-35-26-40(20-14-33(35)24-32)50-29(2)30-10-16-38(44)17-11-30)48-22-4-3-5-23-49-42(46)37-9-8-36-27-41(21-15-34(36)25-37)51-43(47)31-12-18-39(45)19-13-31/h6-21,24-27,44-45H,1-5,22-23H2. The SMILES string of the molecule is C=C(OCCCCCOC(=O)c1ccc2cc(OC(=O)c3ccc(O)cc3)ccc2c1)c1ccc2cc(OC(=C)c3ccc(O)cc3)ccc2c1. The number of rotatable bonds is 14. The number of benzene rings is 6. The number of fused-ring (bicyclic) bond motifs is 2. The van der Waals surface area contributed by atoms with Gasteiger partial charge >= 0.3 is 11.9 Å². The van der Waals surface area contributed by atoms with E-state index >= 15 is 0 Å². The molecule has 0 heterocycles. The molecule has 0 unspecified atom stereocenters. The lowest BCUT2D eigenvalue weighted by Gasteiger charge is -2.12. The molecule has 0 saturated carbocycles. The first-order valence-electron chi connectivity index (χ1n) is 16.5. The van der Waals surface area contributed by atoms with E-state index < -0.39 is 11.9 Å². The lowest BCUT2D eigenvalue weighted by Crippen LogP contribution is -2.08. The fourth-order valence-electron chi connectivity index (χ4n) is 5.39. The van der Waals surface area contributed by atoms with Gasteiger partial charge in [0.15, 0.2) is 0 Å². The highest BCUT2D eigenvalue weighted by atomic mass is 16.5. The first kappa shape index (κ1) is 34.3. The molecule has 0 saturated heterocycles. The van der Waals surface area contributed by atoms with Gasteiger partial charge in [0.2, 0.25) is 0 Å². The first-order valence-corrected chi connectivity index (χ1v) is 16.5. The molecule has 0 fully saturated rings. The summed E-state index contributed by atoms with van der Waals surface area (Å²) in [6, 6.07) is 34.7. The predicted molar refractivity (Wildman–Crippen MR) is 198 cm³/mol. The Morgan fingerprint density at radius 1 is 0.451 bits per heavy atom. The molecule has 0 radical (unpaired) electrons. The van der Waals surface area contributed by atoms with E-state index in [4.69, 9.17) is 18.9 Å². The second kappa shape index (κ2) is 15.8. The smallest absolute Gasteiger partial charge is 0.343 e. The molecule has 2 N–H and O–H groups in total. The summed E-state index contributed by atoms with van der Waals surface area (Å²) in [5.41, 5.74) is 2.44. The van der Waals surface area contributed by atoms with Crippen LogP contribution in [0.5, 0.6) is 23.0 Å². The van der Waals surface area contributed by atoms with Gasteiger partial charge in [-0.1, -0.05) is 43.5 Å². The van der Waals surface area contributed by atoms with E-state index in [1.54, 1.807) is 60.7 Å². The van der Waals surface area contributed by atoms with Crippen molar-refractivity contribution in [2.45, 2.75) is 19.3 Å². The number of esters is 2. The maximum atomic E-state index is 12.7. The number of phenolic OH excluding ortho intramolecular Hbond substituents is 2. The Bertz CT molecular complexity index is 2060. The average Bonchev–Trinajstić information content (AvgIpc) is 3.14. The van der Waals surface area contributed by atoms with Gasteiger partial charge in [-0.2, -0.15) is 0 Å². The highest BCUT2D eigenvalue weighted by Crippen LogP contribution is 2.28. The molecule has 8 heteroatoms. The molecule has 256 valence electrons. The highest BCUT2D eigenvalue weighted by molar-refractivity contribution is 5.96. The third-order valence-electron chi connectivity index (χ3n) is 8.22. The predicted octanol–water partition coefficient (Wildman–Crippen LogP) is 9.69. The number of ether oxygens (including phenoxy) is 4. The van der Waals surface area contributed by atoms with Crippen LogP contribution in [0.1, 0.15) is 51.1 Å². The fraction of sp³-hybridized carbons (Fsp3) is 0.116. The highest BCUT2D eigenvalue weighted by Gasteiger charge is 2.12. The molecule has 8 nitrogen and oxygen atoms in total. The second-order valence-corrected chi connectivity index (χ2v) is 11.9. The molecule has 0 aliphatic rings. The van der Waals surface area contributed by atoms with Gasteiger partial charge in [0.1, 0.15) is 34.5 Å². The zero-order valence-corrected chi connectivity index (χ0v) is 27.8. The van der Waals surface area contributed by atoms with Crippen LogP contribution in [0.25, 0.3) is 33.1 Å². The van der Waals surface area contributed by atoms with E-state index in [1.165, 1.54) is 24.3 Å². The molecule has 0 bridgehead atoms. The number of unbranched alkanes of at least 4 members (excludes halogenated alkanes) is 2. The van der Waals surface area contributed by atoms with Crippen LogP contribution >= 0.6 is 0 Å². The molecule has 0 amide bonds. The van der Waals surface area contributed by atoms with Crippen molar-refractivity contribution in [3.8, 4) is 23.0 Å². The third kappa shape index (κ3) is 8.93. The number of carbonyl (C=O) groups is 2. The van der Waals surface area contributed by atoms with Crippen molar-refractivity contribution >= 4 is 45.0 Å². The lowest BCUT2D eigenvalue weighted by atomic mass is 10.1. The third-order valence-corrected chi connectivity index (χ3v) is 8.22. The average molecular weight is 681 g/mol. The van der Waals surface area contributed by atoms with Crippen LogP contribution in [0.3, 0.4) is 0 Å². The topological polar surface area (TPSA) is 112 Å². The number of hydrogen-bond acceptors (Lipinski definition) is 8. The van der Waals surface area contributed by atoms with Gasteiger partial charge in [0.05, 0.1) is 24.3 Å². The van der Waals surface area contributed by atoms with Gasteiger partial charge in [-0.3, -0.25) is 0 Å². The van der Waals surface area contributed by atoms with E-state index in [0.29, 0.717) is 53.8 Å². The molecule has 0 aliphatic carbocycles. The molecule has 0 spiro atoms. The first-order chi connectivity index (χ1) is 24.7. The summed E-state index contributed by atoms with van der Waals surface area (Å²) in [6.45, 7) is 8.88. The van der Waals surface area contributed by atoms with Crippen LogP contribution in [0.15, 0.2) is 134 Å². The van der Waals surface area contributed by atoms with Gasteiger partial charge in [0.25, 0.3) is 0 Å². The van der Waals surface area contributed by atoms with Crippen molar-refractivity contribution in [3.63, 3.8) is 0 Å². The van der Waals surface area contributed by atoms with Gasteiger partial charge in [-0.25, -0.2) is 9.59 Å². The van der Waals surface area contributed by atoms with Crippen molar-refractivity contribution in [2.75, 3.05) is 13.2 Å². The van der Waals surface area contributed by atoms with Gasteiger partial charge in [0, 0.05) is 11.1 Å². The maximum Gasteiger partial charge on any atom is 0.343 e. The lowest BCUT2D eigenvalue weighted by molar-refractivity contribution is 0.0496. The summed E-state index contributed by atoms with van der Waals surface area (Å²) in [4.78, 5) is 25.1. The van der Waals surface area contributed by atoms with E-state index in [0.717, 1.165) is 45.5 Å². The minimum Gasteiger partial charge on any atom is -0.508 e. The zero-order chi connectivity index (χ0) is 35.7. The van der Waals surface area contributed by atoms with Crippen LogP contribution < -0.4 is 9.47 Å². The minimum atomic E-state index is -0.533. The summed E-state index contributed by atoms with van der Waals surface area (Å²) in [5.74, 6) is 1.43. The Hall–Kier alpha value is -6.54. The summed E-state index contributed by atoms with van der Waals surface area (Å²) < 4.78 is 22.8.